The van der Waals surface area contributed by atoms with E-state index in [-0.39, 0.29) is 11.7 Å². The highest BCUT2D eigenvalue weighted by atomic mass is 19.1. The van der Waals surface area contributed by atoms with Crippen molar-refractivity contribution in [2.24, 2.45) is 0 Å². The number of rotatable bonds is 10. The molecular weight excluding hydrogens is 241 g/mol. The van der Waals surface area contributed by atoms with E-state index in [0.717, 1.165) is 19.3 Å². The summed E-state index contributed by atoms with van der Waals surface area (Å²) in [6, 6.07) is 6.71. The van der Waals surface area contributed by atoms with Crippen molar-refractivity contribution in [3.63, 3.8) is 0 Å². The SMILES string of the molecule is CCCCCCNCC(CC=O)c1ccccc1F. The molecule has 0 saturated carbocycles. The number of nitrogens with one attached hydrogen (secondary N) is 1. The van der Waals surface area contributed by atoms with Gasteiger partial charge in [-0.15, -0.1) is 0 Å². The summed E-state index contributed by atoms with van der Waals surface area (Å²) in [5.41, 5.74) is 0.635. The van der Waals surface area contributed by atoms with Crippen LogP contribution in [0.1, 0.15) is 50.5 Å². The van der Waals surface area contributed by atoms with Crippen molar-refractivity contribution < 1.29 is 9.18 Å². The zero-order valence-electron chi connectivity index (χ0n) is 11.7. The summed E-state index contributed by atoms with van der Waals surface area (Å²) in [5, 5.41) is 3.33. The van der Waals surface area contributed by atoms with Gasteiger partial charge in [0, 0.05) is 18.9 Å². The van der Waals surface area contributed by atoms with E-state index in [2.05, 4.69) is 12.2 Å². The van der Waals surface area contributed by atoms with Crippen molar-refractivity contribution in [2.75, 3.05) is 13.1 Å². The maximum Gasteiger partial charge on any atom is 0.126 e. The Morgan fingerprint density at radius 1 is 1.26 bits per heavy atom. The molecule has 1 N–H and O–H groups in total. The standard InChI is InChI=1S/C16H24FNO/c1-2-3-4-7-11-18-13-14(10-12-19)15-8-5-6-9-16(15)17/h5-6,8-9,12,14,18H,2-4,7,10-11,13H2,1H3. The lowest BCUT2D eigenvalue weighted by Crippen LogP contribution is -2.23. The molecule has 0 radical (unpaired) electrons. The third-order valence-electron chi connectivity index (χ3n) is 3.32. The van der Waals surface area contributed by atoms with Crippen molar-refractivity contribution in [3.05, 3.63) is 35.6 Å². The number of unbranched alkanes of at least 4 members (excludes halogenated alkanes) is 3. The molecule has 0 fully saturated rings. The van der Waals surface area contributed by atoms with E-state index in [0.29, 0.717) is 18.5 Å². The fourth-order valence-corrected chi connectivity index (χ4v) is 2.20. The lowest BCUT2D eigenvalue weighted by atomic mass is 9.95. The normalized spacial score (nSPS) is 12.3. The predicted molar refractivity (Wildman–Crippen MR) is 76.8 cm³/mol. The van der Waals surface area contributed by atoms with Gasteiger partial charge < -0.3 is 10.1 Å². The maximum absolute atomic E-state index is 13.7. The van der Waals surface area contributed by atoms with Crippen LogP contribution < -0.4 is 5.32 Å². The molecule has 0 bridgehead atoms. The van der Waals surface area contributed by atoms with Gasteiger partial charge in [-0.1, -0.05) is 44.4 Å². The van der Waals surface area contributed by atoms with Crippen molar-refractivity contribution in [3.8, 4) is 0 Å². The molecule has 0 aliphatic heterocycles. The molecule has 106 valence electrons. The molecule has 19 heavy (non-hydrogen) atoms. The van der Waals surface area contributed by atoms with Crippen LogP contribution in [0.25, 0.3) is 0 Å². The summed E-state index contributed by atoms with van der Waals surface area (Å²) in [4.78, 5) is 10.7. The molecule has 1 unspecified atom stereocenters. The molecule has 0 amide bonds. The lowest BCUT2D eigenvalue weighted by Gasteiger charge is -2.16. The highest BCUT2D eigenvalue weighted by molar-refractivity contribution is 5.51. The largest absolute Gasteiger partial charge is 0.316 e. The second kappa shape index (κ2) is 9.68. The fourth-order valence-electron chi connectivity index (χ4n) is 2.20. The molecule has 1 aromatic carbocycles. The molecule has 0 saturated heterocycles. The van der Waals surface area contributed by atoms with E-state index < -0.39 is 0 Å². The Kier molecular flexibility index (Phi) is 8.07. The van der Waals surface area contributed by atoms with Gasteiger partial charge in [0.05, 0.1) is 0 Å². The summed E-state index contributed by atoms with van der Waals surface area (Å²) in [6.07, 6.45) is 6.08. The molecule has 1 aromatic rings. The van der Waals surface area contributed by atoms with Crippen LogP contribution in [-0.2, 0) is 4.79 Å². The smallest absolute Gasteiger partial charge is 0.126 e. The fraction of sp³-hybridized carbons (Fsp3) is 0.562. The van der Waals surface area contributed by atoms with Crippen LogP contribution in [0.4, 0.5) is 4.39 Å². The Bertz CT molecular complexity index is 368. The first-order valence-electron chi connectivity index (χ1n) is 7.18. The van der Waals surface area contributed by atoms with Gasteiger partial charge >= 0.3 is 0 Å². The minimum atomic E-state index is -0.220. The Balaban J connectivity index is 2.41. The molecule has 2 nitrogen and oxygen atoms in total. The highest BCUT2D eigenvalue weighted by Crippen LogP contribution is 2.20. The van der Waals surface area contributed by atoms with Crippen molar-refractivity contribution >= 4 is 6.29 Å². The van der Waals surface area contributed by atoms with Crippen LogP contribution in [0.2, 0.25) is 0 Å². The van der Waals surface area contributed by atoms with Gasteiger partial charge in [-0.05, 0) is 24.6 Å². The van der Waals surface area contributed by atoms with Crippen molar-refractivity contribution in [1.29, 1.82) is 0 Å². The van der Waals surface area contributed by atoms with Crippen LogP contribution in [0.15, 0.2) is 24.3 Å². The quantitative estimate of drug-likeness (QED) is 0.516. The van der Waals surface area contributed by atoms with E-state index in [1.54, 1.807) is 12.1 Å². The molecule has 1 rings (SSSR count). The molecule has 0 aliphatic rings. The number of benzene rings is 1. The van der Waals surface area contributed by atoms with Crippen LogP contribution in [0, 0.1) is 5.82 Å². The molecule has 0 heterocycles. The first-order valence-corrected chi connectivity index (χ1v) is 7.18. The Hall–Kier alpha value is -1.22. The lowest BCUT2D eigenvalue weighted by molar-refractivity contribution is -0.108. The van der Waals surface area contributed by atoms with Gasteiger partial charge in [-0.25, -0.2) is 4.39 Å². The maximum atomic E-state index is 13.7. The first kappa shape index (κ1) is 15.8. The number of hydrogen-bond acceptors (Lipinski definition) is 2. The molecule has 0 aliphatic carbocycles. The Labute approximate surface area is 115 Å². The number of aldehydes is 1. The van der Waals surface area contributed by atoms with Gasteiger partial charge in [0.25, 0.3) is 0 Å². The van der Waals surface area contributed by atoms with E-state index in [1.807, 2.05) is 6.07 Å². The van der Waals surface area contributed by atoms with Crippen molar-refractivity contribution in [2.45, 2.75) is 44.9 Å². The summed E-state index contributed by atoms with van der Waals surface area (Å²) in [7, 11) is 0. The second-order valence-electron chi connectivity index (χ2n) is 4.89. The molecule has 3 heteroatoms. The van der Waals surface area contributed by atoms with Gasteiger partial charge in [0.1, 0.15) is 12.1 Å². The molecule has 1 atom stereocenters. The highest BCUT2D eigenvalue weighted by Gasteiger charge is 2.14. The molecular formula is C16H24FNO. The summed E-state index contributed by atoms with van der Waals surface area (Å²) in [5.74, 6) is -0.285. The van der Waals surface area contributed by atoms with Crippen LogP contribution >= 0.6 is 0 Å². The summed E-state index contributed by atoms with van der Waals surface area (Å²) < 4.78 is 13.7. The van der Waals surface area contributed by atoms with Crippen LogP contribution in [0.5, 0.6) is 0 Å². The predicted octanol–water partition coefficient (Wildman–Crippen LogP) is 3.67. The topological polar surface area (TPSA) is 29.1 Å². The van der Waals surface area contributed by atoms with E-state index in [4.69, 9.17) is 0 Å². The van der Waals surface area contributed by atoms with Gasteiger partial charge in [-0.3, -0.25) is 0 Å². The zero-order valence-corrected chi connectivity index (χ0v) is 11.7. The second-order valence-corrected chi connectivity index (χ2v) is 4.89. The van der Waals surface area contributed by atoms with E-state index in [9.17, 15) is 9.18 Å². The average molecular weight is 265 g/mol. The third kappa shape index (κ3) is 5.97. The van der Waals surface area contributed by atoms with E-state index in [1.165, 1.54) is 25.3 Å². The van der Waals surface area contributed by atoms with Gasteiger partial charge in [-0.2, -0.15) is 0 Å². The van der Waals surface area contributed by atoms with Crippen LogP contribution in [0.3, 0.4) is 0 Å². The minimum absolute atomic E-state index is 0.0649. The third-order valence-corrected chi connectivity index (χ3v) is 3.32. The number of carbonyl (C=O) groups is 1. The van der Waals surface area contributed by atoms with Crippen LogP contribution in [-0.4, -0.2) is 19.4 Å². The number of carbonyl (C=O) groups excluding carboxylic acids is 1. The van der Waals surface area contributed by atoms with E-state index >= 15 is 0 Å². The monoisotopic (exact) mass is 265 g/mol. The van der Waals surface area contributed by atoms with Gasteiger partial charge in [0.15, 0.2) is 0 Å². The minimum Gasteiger partial charge on any atom is -0.316 e. The first-order chi connectivity index (χ1) is 9.29. The summed E-state index contributed by atoms with van der Waals surface area (Å²) >= 11 is 0. The molecule has 0 aromatic heterocycles. The Morgan fingerprint density at radius 2 is 2.05 bits per heavy atom. The zero-order chi connectivity index (χ0) is 13.9. The number of halogens is 1. The van der Waals surface area contributed by atoms with Gasteiger partial charge in [0.2, 0.25) is 0 Å². The number of hydrogen-bond donors (Lipinski definition) is 1. The van der Waals surface area contributed by atoms with Crippen molar-refractivity contribution in [1.82, 2.24) is 5.32 Å². The Morgan fingerprint density at radius 3 is 2.74 bits per heavy atom. The average Bonchev–Trinajstić information content (AvgIpc) is 2.42. The summed E-state index contributed by atoms with van der Waals surface area (Å²) in [6.45, 7) is 3.78. The molecule has 0 spiro atoms.